The number of hydrogen-bond donors (Lipinski definition) is 0. The quantitative estimate of drug-likeness (QED) is 0.794. The van der Waals surface area contributed by atoms with Gasteiger partial charge in [-0.25, -0.2) is 12.8 Å². The molecule has 0 N–H and O–H groups in total. The largest absolute Gasteiger partial charge is 0.229 e. The average molecular weight is 228 g/mol. The van der Waals surface area contributed by atoms with Crippen molar-refractivity contribution in [2.75, 3.05) is 5.75 Å². The smallest absolute Gasteiger partial charge is 0.153 e. The van der Waals surface area contributed by atoms with Crippen LogP contribution >= 0.6 is 0 Å². The number of sulfone groups is 1. The van der Waals surface area contributed by atoms with Crippen LogP contribution in [-0.2, 0) is 9.84 Å². The Hall–Kier alpha value is -0.900. The van der Waals surface area contributed by atoms with E-state index in [2.05, 4.69) is 0 Å². The molecule has 1 aliphatic rings. The lowest BCUT2D eigenvalue weighted by Gasteiger charge is -2.00. The number of hydrogen-bond acceptors (Lipinski definition) is 2. The molecule has 1 aliphatic carbocycles. The van der Waals surface area contributed by atoms with Crippen LogP contribution in [0.1, 0.15) is 24.8 Å². The molecular formula is C11H13FO2S. The van der Waals surface area contributed by atoms with Gasteiger partial charge in [0.2, 0.25) is 0 Å². The van der Waals surface area contributed by atoms with Crippen LogP contribution in [0, 0.1) is 5.82 Å². The summed E-state index contributed by atoms with van der Waals surface area (Å²) in [4.78, 5) is 0. The molecule has 0 heterocycles. The first-order chi connectivity index (χ1) is 7.04. The summed E-state index contributed by atoms with van der Waals surface area (Å²) < 4.78 is 35.7. The van der Waals surface area contributed by atoms with Crippen LogP contribution < -0.4 is 0 Å². The van der Waals surface area contributed by atoms with Crippen LogP contribution in [0.2, 0.25) is 0 Å². The number of benzene rings is 1. The van der Waals surface area contributed by atoms with Crippen LogP contribution in [-0.4, -0.2) is 19.4 Å². The van der Waals surface area contributed by atoms with Gasteiger partial charge >= 0.3 is 0 Å². The molecule has 0 saturated heterocycles. The van der Waals surface area contributed by atoms with Crippen molar-refractivity contribution in [3.63, 3.8) is 0 Å². The van der Waals surface area contributed by atoms with Gasteiger partial charge in [0.05, 0.1) is 5.25 Å². The van der Waals surface area contributed by atoms with Crippen LogP contribution in [0.25, 0.3) is 0 Å². The fourth-order valence-electron chi connectivity index (χ4n) is 1.84. The number of rotatable bonds is 3. The molecule has 15 heavy (non-hydrogen) atoms. The lowest BCUT2D eigenvalue weighted by atomic mass is 10.1. The van der Waals surface area contributed by atoms with E-state index in [0.717, 1.165) is 5.56 Å². The highest BCUT2D eigenvalue weighted by molar-refractivity contribution is 7.92. The van der Waals surface area contributed by atoms with Gasteiger partial charge in [-0.1, -0.05) is 19.1 Å². The van der Waals surface area contributed by atoms with E-state index in [0.29, 0.717) is 6.42 Å². The molecule has 0 amide bonds. The average Bonchev–Trinajstić information content (AvgIpc) is 2.99. The van der Waals surface area contributed by atoms with E-state index in [1.807, 2.05) is 0 Å². The van der Waals surface area contributed by atoms with Crippen LogP contribution in [0.4, 0.5) is 4.39 Å². The minimum absolute atomic E-state index is 0.0792. The summed E-state index contributed by atoms with van der Waals surface area (Å²) >= 11 is 0. The fourth-order valence-corrected chi connectivity index (χ4v) is 3.43. The van der Waals surface area contributed by atoms with E-state index in [4.69, 9.17) is 0 Å². The van der Waals surface area contributed by atoms with Gasteiger partial charge in [0.15, 0.2) is 9.84 Å². The zero-order valence-corrected chi connectivity index (χ0v) is 9.30. The summed E-state index contributed by atoms with van der Waals surface area (Å²) in [5.74, 6) is -0.0140. The third kappa shape index (κ3) is 2.04. The summed E-state index contributed by atoms with van der Waals surface area (Å²) in [5, 5.41) is -0.243. The van der Waals surface area contributed by atoms with E-state index in [1.165, 1.54) is 12.1 Å². The van der Waals surface area contributed by atoms with E-state index in [-0.39, 0.29) is 22.7 Å². The summed E-state index contributed by atoms with van der Waals surface area (Å²) in [6.07, 6.45) is 0.682. The number of halogens is 1. The maximum atomic E-state index is 12.6. The Morgan fingerprint density at radius 1 is 1.33 bits per heavy atom. The molecule has 2 rings (SSSR count). The molecule has 0 radical (unpaired) electrons. The zero-order chi connectivity index (χ0) is 11.1. The second-order valence-electron chi connectivity index (χ2n) is 3.88. The van der Waals surface area contributed by atoms with Gasteiger partial charge in [-0.15, -0.1) is 0 Å². The molecule has 1 fully saturated rings. The molecule has 1 aromatic rings. The summed E-state index contributed by atoms with van der Waals surface area (Å²) in [7, 11) is -2.93. The van der Waals surface area contributed by atoms with Gasteiger partial charge < -0.3 is 0 Å². The second kappa shape index (κ2) is 3.59. The van der Waals surface area contributed by atoms with Crippen molar-refractivity contribution >= 4 is 9.84 Å². The normalized spacial score (nSPS) is 25.2. The van der Waals surface area contributed by atoms with Gasteiger partial charge in [-0.2, -0.15) is 0 Å². The molecule has 0 spiro atoms. The Morgan fingerprint density at radius 2 is 1.93 bits per heavy atom. The standard InChI is InChI=1S/C11H13FO2S/c1-2-15(13,14)11-7-10(11)8-3-5-9(12)6-4-8/h3-6,10-11H,2,7H2,1H3/t10-,11+/m0/s1. The molecule has 2 nitrogen and oxygen atoms in total. The Kier molecular flexibility index (Phi) is 2.54. The predicted molar refractivity (Wildman–Crippen MR) is 57.0 cm³/mol. The highest BCUT2D eigenvalue weighted by Gasteiger charge is 2.46. The SMILES string of the molecule is CCS(=O)(=O)[C@@H]1C[C@H]1c1ccc(F)cc1. The Morgan fingerprint density at radius 3 is 2.47 bits per heavy atom. The topological polar surface area (TPSA) is 34.1 Å². The summed E-state index contributed by atoms with van der Waals surface area (Å²) in [5.41, 5.74) is 0.929. The third-order valence-corrected chi connectivity index (χ3v) is 5.14. The minimum Gasteiger partial charge on any atom is -0.229 e. The first-order valence-electron chi connectivity index (χ1n) is 5.01. The van der Waals surface area contributed by atoms with E-state index >= 15 is 0 Å². The first-order valence-corrected chi connectivity index (χ1v) is 6.73. The Balaban J connectivity index is 2.15. The third-order valence-electron chi connectivity index (χ3n) is 2.89. The summed E-state index contributed by atoms with van der Waals surface area (Å²) in [6, 6.07) is 6.10. The summed E-state index contributed by atoms with van der Waals surface area (Å²) in [6.45, 7) is 1.66. The van der Waals surface area contributed by atoms with Gasteiger partial charge in [-0.05, 0) is 24.1 Å². The molecule has 4 heteroatoms. The molecule has 0 bridgehead atoms. The highest BCUT2D eigenvalue weighted by atomic mass is 32.2. The van der Waals surface area contributed by atoms with Crippen LogP contribution in [0.5, 0.6) is 0 Å². The molecule has 1 saturated carbocycles. The molecule has 0 aromatic heterocycles. The van der Waals surface area contributed by atoms with Gasteiger partial charge in [0.1, 0.15) is 5.82 Å². The zero-order valence-electron chi connectivity index (χ0n) is 8.48. The Labute approximate surface area is 89.0 Å². The molecule has 2 atom stereocenters. The van der Waals surface area contributed by atoms with Crippen molar-refractivity contribution in [1.29, 1.82) is 0 Å². The van der Waals surface area contributed by atoms with Crippen molar-refractivity contribution in [3.8, 4) is 0 Å². The molecule has 1 aromatic carbocycles. The van der Waals surface area contributed by atoms with Crippen molar-refractivity contribution in [1.82, 2.24) is 0 Å². The lowest BCUT2D eigenvalue weighted by Crippen LogP contribution is -2.10. The van der Waals surface area contributed by atoms with E-state index in [1.54, 1.807) is 19.1 Å². The van der Waals surface area contributed by atoms with Crippen molar-refractivity contribution in [2.24, 2.45) is 0 Å². The van der Waals surface area contributed by atoms with Crippen LogP contribution in [0.3, 0.4) is 0 Å². The molecular weight excluding hydrogens is 215 g/mol. The fraction of sp³-hybridized carbons (Fsp3) is 0.455. The van der Waals surface area contributed by atoms with Crippen LogP contribution in [0.15, 0.2) is 24.3 Å². The molecule has 0 aliphatic heterocycles. The van der Waals surface area contributed by atoms with Gasteiger partial charge in [0, 0.05) is 11.7 Å². The van der Waals surface area contributed by atoms with Gasteiger partial charge in [-0.3, -0.25) is 0 Å². The minimum atomic E-state index is -2.93. The van der Waals surface area contributed by atoms with E-state index < -0.39 is 9.84 Å². The molecule has 82 valence electrons. The van der Waals surface area contributed by atoms with Gasteiger partial charge in [0.25, 0.3) is 0 Å². The Bertz CT molecular complexity index is 450. The van der Waals surface area contributed by atoms with Crippen molar-refractivity contribution in [3.05, 3.63) is 35.6 Å². The highest BCUT2D eigenvalue weighted by Crippen LogP contribution is 2.46. The van der Waals surface area contributed by atoms with Crippen molar-refractivity contribution < 1.29 is 12.8 Å². The first kappa shape index (κ1) is 10.6. The second-order valence-corrected chi connectivity index (χ2v) is 6.39. The lowest BCUT2D eigenvalue weighted by molar-refractivity contribution is 0.595. The van der Waals surface area contributed by atoms with E-state index in [9.17, 15) is 12.8 Å². The monoisotopic (exact) mass is 228 g/mol. The molecule has 0 unspecified atom stereocenters. The maximum absolute atomic E-state index is 12.6. The maximum Gasteiger partial charge on any atom is 0.153 e. The van der Waals surface area contributed by atoms with Crippen molar-refractivity contribution in [2.45, 2.75) is 24.5 Å². The predicted octanol–water partition coefficient (Wildman–Crippen LogP) is 2.12.